The molecule has 0 aromatic heterocycles. The Labute approximate surface area is 141 Å². The van der Waals surface area contributed by atoms with Crippen LogP contribution >= 0.6 is 15.9 Å². The minimum atomic E-state index is 0.536. The van der Waals surface area contributed by atoms with E-state index in [1.54, 1.807) is 5.56 Å². The summed E-state index contributed by atoms with van der Waals surface area (Å²) in [6.07, 6.45) is 7.42. The molecular formula is C21H21Br. The molecule has 2 bridgehead atoms. The van der Waals surface area contributed by atoms with Crippen molar-refractivity contribution in [3.05, 3.63) is 58.6 Å². The summed E-state index contributed by atoms with van der Waals surface area (Å²) in [6, 6.07) is 18.1. The first-order valence-electron chi connectivity index (χ1n) is 8.60. The molecular weight excluding hydrogens is 332 g/mol. The number of benzene rings is 2. The SMILES string of the molecule is Brc1ccc(-c2ccc(C34C[C@H]5CC[C@@H](C3)[C@@H]5C4)cc2)cc1. The van der Waals surface area contributed by atoms with Crippen molar-refractivity contribution in [1.29, 1.82) is 0 Å². The maximum absolute atomic E-state index is 3.51. The zero-order valence-electron chi connectivity index (χ0n) is 12.8. The van der Waals surface area contributed by atoms with Gasteiger partial charge in [-0.15, -0.1) is 0 Å². The van der Waals surface area contributed by atoms with E-state index in [0.29, 0.717) is 5.41 Å². The molecule has 22 heavy (non-hydrogen) atoms. The minimum Gasteiger partial charge on any atom is -0.0579 e. The molecule has 1 heteroatoms. The standard InChI is InChI=1S/C21H21Br/c22-19-9-5-15(6-10-19)14-3-7-18(8-4-14)21-11-16-1-2-17(12-21)20(16)13-21/h3-10,16-17,20H,1-2,11-13H2/t16-,17+,20-,21?. The minimum absolute atomic E-state index is 0.536. The quantitative estimate of drug-likeness (QED) is 0.603. The Balaban J connectivity index is 1.47. The van der Waals surface area contributed by atoms with Crippen molar-refractivity contribution in [2.45, 2.75) is 37.5 Å². The van der Waals surface area contributed by atoms with Crippen molar-refractivity contribution in [3.63, 3.8) is 0 Å². The Hall–Kier alpha value is -1.08. The predicted octanol–water partition coefficient (Wildman–Crippen LogP) is 6.19. The Morgan fingerprint density at radius 2 is 1.27 bits per heavy atom. The summed E-state index contributed by atoms with van der Waals surface area (Å²) >= 11 is 3.51. The predicted molar refractivity (Wildman–Crippen MR) is 94.8 cm³/mol. The van der Waals surface area contributed by atoms with Gasteiger partial charge in [-0.25, -0.2) is 0 Å². The summed E-state index contributed by atoms with van der Waals surface area (Å²) in [4.78, 5) is 0. The molecule has 2 aromatic carbocycles. The molecule has 5 rings (SSSR count). The van der Waals surface area contributed by atoms with E-state index in [9.17, 15) is 0 Å². The van der Waals surface area contributed by atoms with Gasteiger partial charge in [-0.1, -0.05) is 52.3 Å². The fourth-order valence-corrected chi connectivity index (χ4v) is 6.06. The van der Waals surface area contributed by atoms with Crippen molar-refractivity contribution >= 4 is 15.9 Å². The molecule has 3 fully saturated rings. The highest BCUT2D eigenvalue weighted by atomic mass is 79.9. The van der Waals surface area contributed by atoms with Crippen molar-refractivity contribution in [3.8, 4) is 11.1 Å². The number of fused-ring (bicyclic) bond motifs is 1. The Kier molecular flexibility index (Phi) is 2.86. The largest absolute Gasteiger partial charge is 0.0579 e. The van der Waals surface area contributed by atoms with Crippen LogP contribution < -0.4 is 0 Å². The van der Waals surface area contributed by atoms with E-state index in [1.165, 1.54) is 43.2 Å². The maximum atomic E-state index is 3.51. The zero-order valence-corrected chi connectivity index (χ0v) is 14.4. The van der Waals surface area contributed by atoms with Gasteiger partial charge in [0, 0.05) is 4.47 Å². The summed E-state index contributed by atoms with van der Waals surface area (Å²) in [6.45, 7) is 0. The van der Waals surface area contributed by atoms with Crippen LogP contribution in [0.3, 0.4) is 0 Å². The molecule has 112 valence electrons. The van der Waals surface area contributed by atoms with Gasteiger partial charge in [0.2, 0.25) is 0 Å². The van der Waals surface area contributed by atoms with Crippen LogP contribution in [0.15, 0.2) is 53.0 Å². The van der Waals surface area contributed by atoms with Crippen molar-refractivity contribution in [1.82, 2.24) is 0 Å². The number of rotatable bonds is 2. The summed E-state index contributed by atoms with van der Waals surface area (Å²) in [5.41, 5.74) is 4.80. The van der Waals surface area contributed by atoms with Gasteiger partial charge in [-0.3, -0.25) is 0 Å². The van der Waals surface area contributed by atoms with E-state index in [1.807, 2.05) is 0 Å². The van der Waals surface area contributed by atoms with Crippen molar-refractivity contribution in [2.75, 3.05) is 0 Å². The number of hydrogen-bond donors (Lipinski definition) is 0. The van der Waals surface area contributed by atoms with Gasteiger partial charge in [-0.05, 0) is 84.1 Å². The molecule has 3 saturated carbocycles. The highest BCUT2D eigenvalue weighted by molar-refractivity contribution is 9.10. The summed E-state index contributed by atoms with van der Waals surface area (Å²) in [5, 5.41) is 0. The molecule has 0 nitrogen and oxygen atoms in total. The first-order chi connectivity index (χ1) is 10.7. The van der Waals surface area contributed by atoms with E-state index in [0.717, 1.165) is 22.2 Å². The lowest BCUT2D eigenvalue weighted by atomic mass is 9.74. The molecule has 0 aliphatic heterocycles. The van der Waals surface area contributed by atoms with Gasteiger partial charge < -0.3 is 0 Å². The molecule has 4 atom stereocenters. The molecule has 1 unspecified atom stereocenters. The first kappa shape index (κ1) is 13.4. The molecule has 2 aromatic rings. The molecule has 0 amide bonds. The first-order valence-corrected chi connectivity index (χ1v) is 9.39. The molecule has 0 N–H and O–H groups in total. The van der Waals surface area contributed by atoms with Crippen LogP contribution in [0.4, 0.5) is 0 Å². The van der Waals surface area contributed by atoms with E-state index >= 15 is 0 Å². The lowest BCUT2D eigenvalue weighted by molar-refractivity contribution is 0.308. The summed E-state index contributed by atoms with van der Waals surface area (Å²) in [5.74, 6) is 3.15. The fraction of sp³-hybridized carbons (Fsp3) is 0.429. The van der Waals surface area contributed by atoms with E-state index in [2.05, 4.69) is 64.5 Å². The molecule has 3 aliphatic rings. The van der Waals surface area contributed by atoms with Crippen LogP contribution in [-0.4, -0.2) is 0 Å². The highest BCUT2D eigenvalue weighted by Crippen LogP contribution is 2.66. The van der Waals surface area contributed by atoms with Crippen molar-refractivity contribution < 1.29 is 0 Å². The lowest BCUT2D eigenvalue weighted by Crippen LogP contribution is -2.23. The maximum Gasteiger partial charge on any atom is 0.0175 e. The Morgan fingerprint density at radius 3 is 1.82 bits per heavy atom. The monoisotopic (exact) mass is 352 g/mol. The number of hydrogen-bond acceptors (Lipinski definition) is 0. The Morgan fingerprint density at radius 1 is 0.727 bits per heavy atom. The van der Waals surface area contributed by atoms with Gasteiger partial charge in [0.25, 0.3) is 0 Å². The lowest BCUT2D eigenvalue weighted by Gasteiger charge is -2.30. The third kappa shape index (κ3) is 1.88. The average Bonchev–Trinajstić information content (AvgIpc) is 3.15. The Bertz CT molecular complexity index is 678. The normalized spacial score (nSPS) is 35.2. The van der Waals surface area contributed by atoms with Gasteiger partial charge in [0.1, 0.15) is 0 Å². The van der Waals surface area contributed by atoms with Crippen molar-refractivity contribution in [2.24, 2.45) is 17.8 Å². The second-order valence-corrected chi connectivity index (χ2v) is 8.65. The smallest absolute Gasteiger partial charge is 0.0175 e. The van der Waals surface area contributed by atoms with Crippen LogP contribution in [0.1, 0.15) is 37.7 Å². The van der Waals surface area contributed by atoms with Crippen LogP contribution in [0.25, 0.3) is 11.1 Å². The van der Waals surface area contributed by atoms with Crippen LogP contribution in [-0.2, 0) is 5.41 Å². The second-order valence-electron chi connectivity index (χ2n) is 7.74. The van der Waals surface area contributed by atoms with Crippen LogP contribution in [0.2, 0.25) is 0 Å². The molecule has 3 aliphatic carbocycles. The molecule has 0 radical (unpaired) electrons. The third-order valence-corrected chi connectivity index (χ3v) is 7.26. The van der Waals surface area contributed by atoms with E-state index in [-0.39, 0.29) is 0 Å². The molecule has 0 spiro atoms. The second kappa shape index (κ2) is 4.71. The van der Waals surface area contributed by atoms with Gasteiger partial charge in [0.05, 0.1) is 0 Å². The van der Waals surface area contributed by atoms with E-state index < -0.39 is 0 Å². The average molecular weight is 353 g/mol. The zero-order chi connectivity index (χ0) is 14.7. The highest BCUT2D eigenvalue weighted by Gasteiger charge is 2.58. The summed E-state index contributed by atoms with van der Waals surface area (Å²) in [7, 11) is 0. The number of halogens is 1. The molecule has 0 saturated heterocycles. The van der Waals surface area contributed by atoms with Gasteiger partial charge in [0.15, 0.2) is 0 Å². The summed E-state index contributed by atoms with van der Waals surface area (Å²) < 4.78 is 1.14. The topological polar surface area (TPSA) is 0 Å². The fourth-order valence-electron chi connectivity index (χ4n) is 5.80. The molecule has 0 heterocycles. The third-order valence-electron chi connectivity index (χ3n) is 6.73. The van der Waals surface area contributed by atoms with Crippen LogP contribution in [0, 0.1) is 17.8 Å². The van der Waals surface area contributed by atoms with Gasteiger partial charge in [-0.2, -0.15) is 0 Å². The van der Waals surface area contributed by atoms with E-state index in [4.69, 9.17) is 0 Å². The van der Waals surface area contributed by atoms with Crippen LogP contribution in [0.5, 0.6) is 0 Å². The van der Waals surface area contributed by atoms with Gasteiger partial charge >= 0.3 is 0 Å².